The van der Waals surface area contributed by atoms with Crippen LogP contribution in [-0.2, 0) is 4.74 Å². The van der Waals surface area contributed by atoms with Crippen molar-refractivity contribution in [2.45, 2.75) is 84.2 Å². The molecule has 0 spiro atoms. The number of hydrogen-bond acceptors (Lipinski definition) is 1. The molecule has 0 aliphatic heterocycles. The van der Waals surface area contributed by atoms with Gasteiger partial charge in [0.2, 0.25) is 0 Å². The monoisotopic (exact) mass is 252 g/mol. The highest BCUT2D eigenvalue weighted by atomic mass is 16.5. The second-order valence-electron chi connectivity index (χ2n) is 6.56. The average molecular weight is 252 g/mol. The van der Waals surface area contributed by atoms with Gasteiger partial charge in [-0.15, -0.1) is 0 Å². The van der Waals surface area contributed by atoms with Crippen molar-refractivity contribution in [3.63, 3.8) is 0 Å². The number of rotatable bonds is 5. The van der Waals surface area contributed by atoms with Crippen molar-refractivity contribution in [3.8, 4) is 0 Å². The zero-order chi connectivity index (χ0) is 12.8. The van der Waals surface area contributed by atoms with Gasteiger partial charge in [-0.25, -0.2) is 0 Å². The maximum atomic E-state index is 5.77. The Morgan fingerprint density at radius 3 is 1.83 bits per heavy atom. The molecule has 0 aromatic carbocycles. The van der Waals surface area contributed by atoms with Gasteiger partial charge >= 0.3 is 0 Å². The molecule has 0 aromatic rings. The summed E-state index contributed by atoms with van der Waals surface area (Å²) in [6, 6.07) is 0. The summed E-state index contributed by atoms with van der Waals surface area (Å²) in [5, 5.41) is 0. The van der Waals surface area contributed by atoms with Crippen LogP contribution < -0.4 is 0 Å². The lowest BCUT2D eigenvalue weighted by molar-refractivity contribution is 0.0135. The van der Waals surface area contributed by atoms with Crippen LogP contribution in [0, 0.1) is 17.8 Å². The Balaban J connectivity index is 1.68. The van der Waals surface area contributed by atoms with Crippen LogP contribution in [0.1, 0.15) is 78.1 Å². The second kappa shape index (κ2) is 7.53. The molecule has 2 aliphatic carbocycles. The molecule has 0 amide bonds. The topological polar surface area (TPSA) is 9.23 Å². The van der Waals surface area contributed by atoms with E-state index in [-0.39, 0.29) is 0 Å². The first-order chi connectivity index (χ1) is 8.83. The van der Waals surface area contributed by atoms with Gasteiger partial charge in [0.1, 0.15) is 0 Å². The molecule has 2 rings (SSSR count). The number of ether oxygens (including phenoxy) is 1. The van der Waals surface area contributed by atoms with E-state index in [1.807, 2.05) is 0 Å². The van der Waals surface area contributed by atoms with Gasteiger partial charge in [-0.3, -0.25) is 0 Å². The van der Waals surface area contributed by atoms with E-state index in [1.54, 1.807) is 0 Å². The molecule has 2 aliphatic rings. The summed E-state index contributed by atoms with van der Waals surface area (Å²) in [7, 11) is 0. The van der Waals surface area contributed by atoms with Gasteiger partial charge in [0.25, 0.3) is 0 Å². The lowest BCUT2D eigenvalue weighted by Gasteiger charge is -2.37. The third-order valence-corrected chi connectivity index (χ3v) is 5.38. The Morgan fingerprint density at radius 1 is 0.778 bits per heavy atom. The highest BCUT2D eigenvalue weighted by molar-refractivity contribution is 4.82. The van der Waals surface area contributed by atoms with E-state index in [0.29, 0.717) is 6.10 Å². The van der Waals surface area contributed by atoms with Crippen molar-refractivity contribution in [2.24, 2.45) is 17.8 Å². The van der Waals surface area contributed by atoms with Gasteiger partial charge in [0, 0.05) is 6.61 Å². The third-order valence-electron chi connectivity index (χ3n) is 5.38. The summed E-state index contributed by atoms with van der Waals surface area (Å²) >= 11 is 0. The van der Waals surface area contributed by atoms with E-state index < -0.39 is 0 Å². The highest BCUT2D eigenvalue weighted by Gasteiger charge is 2.30. The molecule has 1 heteroatoms. The Labute approximate surface area is 114 Å². The molecule has 0 radical (unpaired) electrons. The van der Waals surface area contributed by atoms with Crippen molar-refractivity contribution in [2.75, 3.05) is 6.61 Å². The van der Waals surface area contributed by atoms with Crippen LogP contribution >= 0.6 is 0 Å². The molecule has 0 aromatic heterocycles. The predicted molar refractivity (Wildman–Crippen MR) is 77.7 cm³/mol. The van der Waals surface area contributed by atoms with Gasteiger partial charge in [-0.05, 0) is 63.2 Å². The summed E-state index contributed by atoms with van der Waals surface area (Å²) in [6.45, 7) is 5.36. The van der Waals surface area contributed by atoms with E-state index in [4.69, 9.17) is 4.74 Å². The fourth-order valence-electron chi connectivity index (χ4n) is 4.32. The largest absolute Gasteiger partial charge is 0.379 e. The normalized spacial score (nSPS) is 37.7. The van der Waals surface area contributed by atoms with Crippen LogP contribution in [0.15, 0.2) is 0 Å². The molecule has 0 heterocycles. The first kappa shape index (κ1) is 14.4. The van der Waals surface area contributed by atoms with Crippen LogP contribution in [0.25, 0.3) is 0 Å². The minimum atomic E-state index is 0.586. The third kappa shape index (κ3) is 3.98. The fraction of sp³-hybridized carbons (Fsp3) is 1.00. The van der Waals surface area contributed by atoms with E-state index >= 15 is 0 Å². The van der Waals surface area contributed by atoms with Gasteiger partial charge in [-0.1, -0.05) is 32.6 Å². The SMILES string of the molecule is CCCC1CCC([C@H]2CC[C@H](OCC)CC2)CC1. The van der Waals surface area contributed by atoms with Gasteiger partial charge < -0.3 is 4.74 Å². The average Bonchev–Trinajstić information content (AvgIpc) is 2.41. The van der Waals surface area contributed by atoms with Crippen LogP contribution in [0.2, 0.25) is 0 Å². The smallest absolute Gasteiger partial charge is 0.0575 e. The minimum absolute atomic E-state index is 0.586. The fourth-order valence-corrected chi connectivity index (χ4v) is 4.32. The van der Waals surface area contributed by atoms with Crippen LogP contribution in [0.3, 0.4) is 0 Å². The molecule has 0 bridgehead atoms. The Bertz CT molecular complexity index is 186. The Hall–Kier alpha value is -0.0400. The van der Waals surface area contributed by atoms with Crippen molar-refractivity contribution in [1.82, 2.24) is 0 Å². The first-order valence-electron chi connectivity index (χ1n) is 8.45. The molecule has 0 saturated heterocycles. The van der Waals surface area contributed by atoms with Gasteiger partial charge in [0.15, 0.2) is 0 Å². The molecular weight excluding hydrogens is 220 g/mol. The quantitative estimate of drug-likeness (QED) is 0.654. The first-order valence-corrected chi connectivity index (χ1v) is 8.45. The summed E-state index contributed by atoms with van der Waals surface area (Å²) < 4.78 is 5.77. The summed E-state index contributed by atoms with van der Waals surface area (Å²) in [4.78, 5) is 0. The van der Waals surface area contributed by atoms with Crippen molar-refractivity contribution < 1.29 is 4.74 Å². The van der Waals surface area contributed by atoms with E-state index in [9.17, 15) is 0 Å². The summed E-state index contributed by atoms with van der Waals surface area (Å²) in [6.07, 6.45) is 15.1. The highest BCUT2D eigenvalue weighted by Crippen LogP contribution is 2.41. The standard InChI is InChI=1S/C17H32O/c1-3-5-14-6-8-15(9-7-14)16-10-12-17(13-11-16)18-4-2/h14-17H,3-13H2,1-2H3/t14?,15?,16-,17-. The second-order valence-corrected chi connectivity index (χ2v) is 6.56. The lowest BCUT2D eigenvalue weighted by atomic mass is 9.70. The zero-order valence-electron chi connectivity index (χ0n) is 12.5. The van der Waals surface area contributed by atoms with Gasteiger partial charge in [-0.2, -0.15) is 0 Å². The van der Waals surface area contributed by atoms with Gasteiger partial charge in [0.05, 0.1) is 6.10 Å². The lowest BCUT2D eigenvalue weighted by Crippen LogP contribution is -2.28. The molecule has 2 saturated carbocycles. The van der Waals surface area contributed by atoms with Crippen molar-refractivity contribution in [3.05, 3.63) is 0 Å². The molecule has 0 N–H and O–H groups in total. The van der Waals surface area contributed by atoms with Crippen molar-refractivity contribution >= 4 is 0 Å². The van der Waals surface area contributed by atoms with Crippen molar-refractivity contribution in [1.29, 1.82) is 0 Å². The molecule has 18 heavy (non-hydrogen) atoms. The summed E-state index contributed by atoms with van der Waals surface area (Å²) in [5.41, 5.74) is 0. The van der Waals surface area contributed by atoms with E-state index in [2.05, 4.69) is 13.8 Å². The van der Waals surface area contributed by atoms with E-state index in [1.165, 1.54) is 64.2 Å². The molecular formula is C17H32O. The number of hydrogen-bond donors (Lipinski definition) is 0. The van der Waals surface area contributed by atoms with Crippen LogP contribution in [0.4, 0.5) is 0 Å². The Morgan fingerprint density at radius 2 is 1.33 bits per heavy atom. The maximum Gasteiger partial charge on any atom is 0.0575 e. The van der Waals surface area contributed by atoms with Crippen LogP contribution in [-0.4, -0.2) is 12.7 Å². The predicted octanol–water partition coefficient (Wildman–Crippen LogP) is 5.19. The summed E-state index contributed by atoms with van der Waals surface area (Å²) in [5.74, 6) is 3.15. The van der Waals surface area contributed by atoms with E-state index in [0.717, 1.165) is 24.4 Å². The van der Waals surface area contributed by atoms with Crippen LogP contribution in [0.5, 0.6) is 0 Å². The molecule has 0 atom stereocenters. The molecule has 1 nitrogen and oxygen atoms in total. The Kier molecular flexibility index (Phi) is 6.01. The molecule has 0 unspecified atom stereocenters. The molecule has 106 valence electrons. The zero-order valence-corrected chi connectivity index (χ0v) is 12.5. The maximum absolute atomic E-state index is 5.77. The molecule has 2 fully saturated rings. The minimum Gasteiger partial charge on any atom is -0.379 e.